The topological polar surface area (TPSA) is 69.2 Å². The summed E-state index contributed by atoms with van der Waals surface area (Å²) in [6, 6.07) is 35.7. The molecule has 0 aromatic heterocycles. The number of nitro groups is 1. The maximum atomic E-state index is 11.1. The number of nitrogens with zero attached hydrogens (tertiary/aromatic N) is 1. The van der Waals surface area contributed by atoms with Gasteiger partial charge in [0.25, 0.3) is 5.69 Å². The molecule has 0 atom stereocenters. The predicted molar refractivity (Wildman–Crippen MR) is 134 cm³/mol. The van der Waals surface area contributed by atoms with E-state index >= 15 is 0 Å². The molecule has 0 saturated heterocycles. The normalized spacial score (nSPS) is 10.9. The zero-order valence-corrected chi connectivity index (χ0v) is 17.2. The van der Waals surface area contributed by atoms with Crippen molar-refractivity contribution in [1.82, 2.24) is 0 Å². The van der Waals surface area contributed by atoms with E-state index in [1.807, 2.05) is 24.3 Å². The van der Waals surface area contributed by atoms with E-state index in [0.29, 0.717) is 11.1 Å². The molecule has 0 aliphatic carbocycles. The van der Waals surface area contributed by atoms with Gasteiger partial charge in [-0.3, -0.25) is 10.1 Å². The Morgan fingerprint density at radius 2 is 1.06 bits per heavy atom. The molecule has 4 heteroatoms. The van der Waals surface area contributed by atoms with Crippen LogP contribution in [-0.4, -0.2) is 4.92 Å². The molecule has 0 heterocycles. The van der Waals surface area contributed by atoms with E-state index in [4.69, 9.17) is 5.73 Å². The monoisotopic (exact) mass is 416 g/mol. The van der Waals surface area contributed by atoms with E-state index in [2.05, 4.69) is 60.7 Å². The Hall–Kier alpha value is -4.44. The third-order valence-electron chi connectivity index (χ3n) is 5.71. The Kier molecular flexibility index (Phi) is 4.88. The molecule has 0 saturated carbocycles. The molecule has 0 bridgehead atoms. The number of benzene rings is 6. The van der Waals surface area contributed by atoms with E-state index in [-0.39, 0.29) is 10.6 Å². The summed E-state index contributed by atoms with van der Waals surface area (Å²) in [4.78, 5) is 10.8. The molecule has 0 amide bonds. The van der Waals surface area contributed by atoms with E-state index in [1.165, 1.54) is 27.6 Å². The summed E-state index contributed by atoms with van der Waals surface area (Å²) in [5.74, 6) is 0. The van der Waals surface area contributed by atoms with Crippen molar-refractivity contribution in [3.05, 3.63) is 119 Å². The summed E-state index contributed by atoms with van der Waals surface area (Å²) in [5, 5.41) is 19.7. The largest absolute Gasteiger partial charge is 0.399 e. The lowest BCUT2D eigenvalue weighted by Gasteiger charge is -2.05. The van der Waals surface area contributed by atoms with Gasteiger partial charge >= 0.3 is 0 Å². The van der Waals surface area contributed by atoms with Crippen molar-refractivity contribution in [3.8, 4) is 0 Å². The molecule has 6 aromatic rings. The SMILES string of the molecule is Nc1ccc2ccc3cccc([N+](=O)[O-])c3c2c1.c1ccc2c(c1)ccc1ccccc12. The molecule has 0 aliphatic heterocycles. The van der Waals surface area contributed by atoms with Gasteiger partial charge in [0.2, 0.25) is 0 Å². The van der Waals surface area contributed by atoms with Gasteiger partial charge in [0.05, 0.1) is 10.3 Å². The lowest BCUT2D eigenvalue weighted by Crippen LogP contribution is -1.91. The summed E-state index contributed by atoms with van der Waals surface area (Å²) in [6.07, 6.45) is 0. The van der Waals surface area contributed by atoms with Crippen LogP contribution in [0, 0.1) is 10.1 Å². The van der Waals surface area contributed by atoms with Gasteiger partial charge in [-0.25, -0.2) is 0 Å². The van der Waals surface area contributed by atoms with Crippen molar-refractivity contribution in [2.45, 2.75) is 0 Å². The predicted octanol–water partition coefficient (Wildman–Crippen LogP) is 7.48. The smallest absolute Gasteiger partial charge is 0.277 e. The van der Waals surface area contributed by atoms with E-state index < -0.39 is 0 Å². The number of rotatable bonds is 1. The first-order valence-electron chi connectivity index (χ1n) is 10.3. The zero-order chi connectivity index (χ0) is 22.1. The molecule has 4 nitrogen and oxygen atoms in total. The number of anilines is 1. The Morgan fingerprint density at radius 3 is 1.69 bits per heavy atom. The summed E-state index contributed by atoms with van der Waals surface area (Å²) in [7, 11) is 0. The van der Waals surface area contributed by atoms with Crippen LogP contribution < -0.4 is 5.73 Å². The lowest BCUT2D eigenvalue weighted by atomic mass is 10.0. The van der Waals surface area contributed by atoms with Crippen molar-refractivity contribution >= 4 is 54.5 Å². The number of fused-ring (bicyclic) bond motifs is 6. The highest BCUT2D eigenvalue weighted by atomic mass is 16.6. The quantitative estimate of drug-likeness (QED) is 0.131. The molecule has 6 aromatic carbocycles. The van der Waals surface area contributed by atoms with Crippen LogP contribution in [0.2, 0.25) is 0 Å². The van der Waals surface area contributed by atoms with Crippen LogP contribution in [0.15, 0.2) is 109 Å². The molecule has 32 heavy (non-hydrogen) atoms. The van der Waals surface area contributed by atoms with Crippen LogP contribution in [0.25, 0.3) is 43.1 Å². The van der Waals surface area contributed by atoms with Gasteiger partial charge in [-0.15, -0.1) is 0 Å². The first-order valence-corrected chi connectivity index (χ1v) is 10.3. The average molecular weight is 416 g/mol. The van der Waals surface area contributed by atoms with E-state index in [0.717, 1.165) is 16.2 Å². The number of nitrogen functional groups attached to an aromatic ring is 1. The third kappa shape index (κ3) is 3.48. The van der Waals surface area contributed by atoms with Gasteiger partial charge in [-0.05, 0) is 49.8 Å². The molecule has 0 unspecified atom stereocenters. The Bertz CT molecular complexity index is 1570. The van der Waals surface area contributed by atoms with Gasteiger partial charge in [-0.2, -0.15) is 0 Å². The van der Waals surface area contributed by atoms with Crippen LogP contribution >= 0.6 is 0 Å². The van der Waals surface area contributed by atoms with Gasteiger partial charge in [-0.1, -0.05) is 91.0 Å². The summed E-state index contributed by atoms with van der Waals surface area (Å²) in [6.45, 7) is 0. The Labute approximate surface area is 184 Å². The first kappa shape index (κ1) is 19.5. The molecule has 2 N–H and O–H groups in total. The fourth-order valence-electron chi connectivity index (χ4n) is 4.21. The summed E-state index contributed by atoms with van der Waals surface area (Å²) in [5.41, 5.74) is 6.49. The third-order valence-corrected chi connectivity index (χ3v) is 5.71. The van der Waals surface area contributed by atoms with Crippen LogP contribution in [-0.2, 0) is 0 Å². The first-order chi connectivity index (χ1) is 15.6. The van der Waals surface area contributed by atoms with Crippen LogP contribution in [0.5, 0.6) is 0 Å². The van der Waals surface area contributed by atoms with Crippen molar-refractivity contribution in [2.75, 3.05) is 5.73 Å². The summed E-state index contributed by atoms with van der Waals surface area (Å²) < 4.78 is 0. The highest BCUT2D eigenvalue weighted by Gasteiger charge is 2.14. The molecule has 0 fully saturated rings. The van der Waals surface area contributed by atoms with Crippen molar-refractivity contribution in [1.29, 1.82) is 0 Å². The standard InChI is InChI=1S/C14H10N2O2.C14H10/c15-11-7-6-9-4-5-10-2-1-3-13(16(17)18)14(10)12(9)8-11;1-3-7-13-11(5-1)9-10-12-6-2-4-8-14(12)13/h1-8H,15H2;1-10H. The van der Waals surface area contributed by atoms with Crippen molar-refractivity contribution in [3.63, 3.8) is 0 Å². The molecule has 0 aliphatic rings. The second kappa shape index (κ2) is 8.00. The minimum Gasteiger partial charge on any atom is -0.399 e. The second-order valence-electron chi connectivity index (χ2n) is 7.69. The Morgan fingerprint density at radius 1 is 0.562 bits per heavy atom. The zero-order valence-electron chi connectivity index (χ0n) is 17.2. The number of nitro benzene ring substituents is 1. The van der Waals surface area contributed by atoms with Crippen LogP contribution in [0.3, 0.4) is 0 Å². The van der Waals surface area contributed by atoms with Gasteiger partial charge < -0.3 is 5.73 Å². The van der Waals surface area contributed by atoms with Gasteiger partial charge in [0, 0.05) is 11.8 Å². The Balaban J connectivity index is 0.000000139. The number of non-ortho nitro benzene ring substituents is 1. The maximum absolute atomic E-state index is 11.1. The molecular weight excluding hydrogens is 396 g/mol. The van der Waals surface area contributed by atoms with E-state index in [9.17, 15) is 10.1 Å². The second-order valence-corrected chi connectivity index (χ2v) is 7.69. The molecular formula is C28H20N2O2. The van der Waals surface area contributed by atoms with Gasteiger partial charge in [0.1, 0.15) is 0 Å². The highest BCUT2D eigenvalue weighted by Crippen LogP contribution is 2.33. The average Bonchev–Trinajstić information content (AvgIpc) is 2.83. The molecule has 0 radical (unpaired) electrons. The fraction of sp³-hybridized carbons (Fsp3) is 0. The minimum absolute atomic E-state index is 0.115. The number of hydrogen-bond donors (Lipinski definition) is 1. The summed E-state index contributed by atoms with van der Waals surface area (Å²) >= 11 is 0. The van der Waals surface area contributed by atoms with Crippen LogP contribution in [0.1, 0.15) is 0 Å². The fourth-order valence-corrected chi connectivity index (χ4v) is 4.21. The van der Waals surface area contributed by atoms with Crippen LogP contribution in [0.4, 0.5) is 11.4 Å². The van der Waals surface area contributed by atoms with E-state index in [1.54, 1.807) is 18.2 Å². The van der Waals surface area contributed by atoms with Gasteiger partial charge in [0.15, 0.2) is 0 Å². The lowest BCUT2D eigenvalue weighted by molar-refractivity contribution is -0.383. The van der Waals surface area contributed by atoms with Crippen molar-refractivity contribution in [2.24, 2.45) is 0 Å². The molecule has 6 rings (SSSR count). The molecule has 154 valence electrons. The number of hydrogen-bond acceptors (Lipinski definition) is 3. The highest BCUT2D eigenvalue weighted by molar-refractivity contribution is 6.12. The maximum Gasteiger partial charge on any atom is 0.277 e. The minimum atomic E-state index is -0.356. The van der Waals surface area contributed by atoms with Crippen molar-refractivity contribution < 1.29 is 4.92 Å². The number of nitrogens with two attached hydrogens (primary N) is 1. The molecule has 0 spiro atoms.